The van der Waals surface area contributed by atoms with E-state index < -0.39 is 0 Å². The van der Waals surface area contributed by atoms with Crippen LogP contribution in [0.2, 0.25) is 0 Å². The number of aliphatic hydroxyl groups is 1. The van der Waals surface area contributed by atoms with Gasteiger partial charge in [-0.15, -0.1) is 0 Å². The normalized spacial score (nSPS) is 17.1. The van der Waals surface area contributed by atoms with Crippen molar-refractivity contribution in [1.82, 2.24) is 4.90 Å². The lowest BCUT2D eigenvalue weighted by molar-refractivity contribution is 0.173. The van der Waals surface area contributed by atoms with Crippen molar-refractivity contribution in [3.63, 3.8) is 0 Å². The van der Waals surface area contributed by atoms with Crippen LogP contribution in [-0.4, -0.2) is 42.4 Å². The Kier molecular flexibility index (Phi) is 6.52. The van der Waals surface area contributed by atoms with Gasteiger partial charge in [0.05, 0.1) is 12.7 Å². The van der Waals surface area contributed by atoms with Crippen molar-refractivity contribution in [2.45, 2.75) is 18.9 Å². The molecule has 0 spiro atoms. The van der Waals surface area contributed by atoms with Crippen molar-refractivity contribution in [3.8, 4) is 17.6 Å². The fraction of sp³-hybridized carbons (Fsp3) is 0.333. The topological polar surface area (TPSA) is 32.7 Å². The molecule has 2 aromatic rings. The molecule has 1 heterocycles. The number of halogens is 1. The van der Waals surface area contributed by atoms with Crippen LogP contribution in [0.5, 0.6) is 5.75 Å². The van der Waals surface area contributed by atoms with E-state index in [4.69, 9.17) is 4.74 Å². The van der Waals surface area contributed by atoms with Crippen molar-refractivity contribution in [2.24, 2.45) is 0 Å². The number of β-amino-alcohol motifs (C(OH)–C–C–N with tert-alkyl or cyclic N) is 1. The lowest BCUT2D eigenvalue weighted by Crippen LogP contribution is -2.24. The van der Waals surface area contributed by atoms with Gasteiger partial charge in [-0.05, 0) is 43.2 Å². The van der Waals surface area contributed by atoms with Gasteiger partial charge >= 0.3 is 0 Å². The first-order valence-electron chi connectivity index (χ1n) is 8.60. The zero-order valence-corrected chi connectivity index (χ0v) is 15.7. The molecular formula is C21H22BrNO2. The molecule has 1 unspecified atom stereocenters. The van der Waals surface area contributed by atoms with Crippen LogP contribution in [0.15, 0.2) is 53.0 Å². The van der Waals surface area contributed by atoms with Crippen molar-refractivity contribution in [2.75, 3.05) is 26.2 Å². The highest BCUT2D eigenvalue weighted by Gasteiger charge is 2.19. The van der Waals surface area contributed by atoms with Crippen LogP contribution in [0, 0.1) is 11.8 Å². The second-order valence-electron chi connectivity index (χ2n) is 6.24. The molecule has 0 bridgehead atoms. The fourth-order valence-electron chi connectivity index (χ4n) is 2.88. The summed E-state index contributed by atoms with van der Waals surface area (Å²) in [7, 11) is 0. The zero-order valence-electron chi connectivity index (χ0n) is 14.1. The first kappa shape index (κ1) is 18.0. The van der Waals surface area contributed by atoms with Crippen LogP contribution in [0.1, 0.15) is 24.0 Å². The summed E-state index contributed by atoms with van der Waals surface area (Å²) in [4.78, 5) is 2.28. The Balaban J connectivity index is 1.54. The number of hydrogen-bond donors (Lipinski definition) is 1. The van der Waals surface area contributed by atoms with E-state index in [1.165, 1.54) is 0 Å². The number of nitrogens with zero attached hydrogens (tertiary/aromatic N) is 1. The minimum absolute atomic E-state index is 0.156. The van der Waals surface area contributed by atoms with Crippen LogP contribution < -0.4 is 4.74 Å². The molecular weight excluding hydrogens is 378 g/mol. The summed E-state index contributed by atoms with van der Waals surface area (Å²) in [6.07, 6.45) is 1.68. The summed E-state index contributed by atoms with van der Waals surface area (Å²) >= 11 is 3.52. The number of benzene rings is 2. The maximum absolute atomic E-state index is 9.54. The predicted octanol–water partition coefficient (Wildman–Crippen LogP) is 3.68. The van der Waals surface area contributed by atoms with Gasteiger partial charge in [0.2, 0.25) is 0 Å². The highest BCUT2D eigenvalue weighted by atomic mass is 79.9. The van der Waals surface area contributed by atoms with E-state index in [0.717, 1.165) is 53.8 Å². The summed E-state index contributed by atoms with van der Waals surface area (Å²) in [6.45, 7) is 3.40. The van der Waals surface area contributed by atoms with Crippen LogP contribution in [0.3, 0.4) is 0 Å². The molecule has 1 N–H and O–H groups in total. The standard InChI is InChI=1S/C21H22BrNO2/c22-19-13-18(8-7-17-5-2-1-3-6-17)14-21(15-19)25-12-4-10-23-11-9-20(24)16-23/h1-3,5-6,13-15,20,24H,4,9-12,16H2. The molecule has 1 atom stereocenters. The molecule has 0 radical (unpaired) electrons. The van der Waals surface area contributed by atoms with Gasteiger partial charge in [0.15, 0.2) is 0 Å². The molecule has 0 amide bonds. The minimum atomic E-state index is -0.156. The number of hydrogen-bond acceptors (Lipinski definition) is 3. The van der Waals surface area contributed by atoms with Gasteiger partial charge in [-0.25, -0.2) is 0 Å². The van der Waals surface area contributed by atoms with E-state index in [1.807, 2.05) is 48.5 Å². The average molecular weight is 400 g/mol. The molecule has 0 saturated carbocycles. The Hall–Kier alpha value is -1.80. The van der Waals surface area contributed by atoms with Crippen molar-refractivity contribution in [1.29, 1.82) is 0 Å². The molecule has 0 aromatic heterocycles. The summed E-state index contributed by atoms with van der Waals surface area (Å²) in [6, 6.07) is 15.9. The fourth-order valence-corrected chi connectivity index (χ4v) is 3.35. The van der Waals surface area contributed by atoms with E-state index in [9.17, 15) is 5.11 Å². The van der Waals surface area contributed by atoms with Gasteiger partial charge in [0.25, 0.3) is 0 Å². The molecule has 1 fully saturated rings. The van der Waals surface area contributed by atoms with E-state index in [-0.39, 0.29) is 6.10 Å². The lowest BCUT2D eigenvalue weighted by Gasteiger charge is -2.15. The third kappa shape index (κ3) is 5.89. The minimum Gasteiger partial charge on any atom is -0.493 e. The maximum Gasteiger partial charge on any atom is 0.121 e. The number of aliphatic hydroxyl groups excluding tert-OH is 1. The lowest BCUT2D eigenvalue weighted by atomic mass is 10.2. The summed E-state index contributed by atoms with van der Waals surface area (Å²) in [5.41, 5.74) is 1.92. The average Bonchev–Trinajstić information content (AvgIpc) is 3.03. The van der Waals surface area contributed by atoms with Gasteiger partial charge in [-0.2, -0.15) is 0 Å². The van der Waals surface area contributed by atoms with Crippen molar-refractivity contribution < 1.29 is 9.84 Å². The molecule has 25 heavy (non-hydrogen) atoms. The van der Waals surface area contributed by atoms with Gasteiger partial charge in [0.1, 0.15) is 5.75 Å². The van der Waals surface area contributed by atoms with E-state index in [0.29, 0.717) is 6.61 Å². The summed E-state index contributed by atoms with van der Waals surface area (Å²) in [5, 5.41) is 9.54. The van der Waals surface area contributed by atoms with Crippen LogP contribution in [-0.2, 0) is 0 Å². The molecule has 4 heteroatoms. The maximum atomic E-state index is 9.54. The van der Waals surface area contributed by atoms with Crippen molar-refractivity contribution >= 4 is 15.9 Å². The van der Waals surface area contributed by atoms with Gasteiger partial charge in [-0.1, -0.05) is 46.0 Å². The first-order valence-corrected chi connectivity index (χ1v) is 9.39. The number of rotatable bonds is 5. The monoisotopic (exact) mass is 399 g/mol. The van der Waals surface area contributed by atoms with Crippen LogP contribution in [0.25, 0.3) is 0 Å². The van der Waals surface area contributed by atoms with Gasteiger partial charge < -0.3 is 14.7 Å². The van der Waals surface area contributed by atoms with E-state index >= 15 is 0 Å². The highest BCUT2D eigenvalue weighted by molar-refractivity contribution is 9.10. The van der Waals surface area contributed by atoms with Crippen LogP contribution >= 0.6 is 15.9 Å². The number of likely N-dealkylation sites (tertiary alicyclic amines) is 1. The largest absolute Gasteiger partial charge is 0.493 e. The molecule has 1 aliphatic rings. The quantitative estimate of drug-likeness (QED) is 0.614. The van der Waals surface area contributed by atoms with E-state index in [1.54, 1.807) is 0 Å². The SMILES string of the molecule is OC1CCN(CCCOc2cc(Br)cc(C#Cc3ccccc3)c2)C1. The molecule has 1 aliphatic heterocycles. The number of ether oxygens (including phenoxy) is 1. The molecule has 1 saturated heterocycles. The van der Waals surface area contributed by atoms with Crippen LogP contribution in [0.4, 0.5) is 0 Å². The smallest absolute Gasteiger partial charge is 0.121 e. The zero-order chi connectivity index (χ0) is 17.5. The van der Waals surface area contributed by atoms with Gasteiger partial charge in [-0.3, -0.25) is 0 Å². The second-order valence-corrected chi connectivity index (χ2v) is 7.15. The summed E-state index contributed by atoms with van der Waals surface area (Å²) in [5.74, 6) is 7.18. The first-order chi connectivity index (χ1) is 12.2. The third-order valence-corrected chi connectivity index (χ3v) is 4.59. The Bertz CT molecular complexity index is 751. The second kappa shape index (κ2) is 9.05. The molecule has 130 valence electrons. The van der Waals surface area contributed by atoms with E-state index in [2.05, 4.69) is 32.7 Å². The molecule has 3 rings (SSSR count). The molecule has 2 aromatic carbocycles. The molecule has 0 aliphatic carbocycles. The predicted molar refractivity (Wildman–Crippen MR) is 104 cm³/mol. The summed E-state index contributed by atoms with van der Waals surface area (Å²) < 4.78 is 6.84. The van der Waals surface area contributed by atoms with Crippen molar-refractivity contribution in [3.05, 3.63) is 64.1 Å². The Labute approximate surface area is 157 Å². The van der Waals surface area contributed by atoms with Gasteiger partial charge in [0, 0.05) is 35.2 Å². The Morgan fingerprint density at radius 3 is 2.68 bits per heavy atom. The third-order valence-electron chi connectivity index (χ3n) is 4.13. The molecule has 3 nitrogen and oxygen atoms in total. The Morgan fingerprint density at radius 1 is 1.12 bits per heavy atom. The Morgan fingerprint density at radius 2 is 1.92 bits per heavy atom. The highest BCUT2D eigenvalue weighted by Crippen LogP contribution is 2.21.